The van der Waals surface area contributed by atoms with Crippen LogP contribution in [0.2, 0.25) is 0 Å². The minimum atomic E-state index is 0.0535. The fraction of sp³-hybridized carbons (Fsp3) is 0.533. The van der Waals surface area contributed by atoms with E-state index in [1.165, 1.54) is 11.3 Å². The zero-order chi connectivity index (χ0) is 14.6. The Morgan fingerprint density at radius 1 is 1.55 bits per heavy atom. The molecule has 0 radical (unpaired) electrons. The highest BCUT2D eigenvalue weighted by molar-refractivity contribution is 8.00. The maximum absolute atomic E-state index is 12.6. The van der Waals surface area contributed by atoms with Gasteiger partial charge in [0.15, 0.2) is 0 Å². The number of carbonyl (C=O) groups is 1. The SMILES string of the molecule is CC1(C)CN(C(=O)c2sccc2C#CCCO)CCS1. The highest BCUT2D eigenvalue weighted by atomic mass is 32.2. The van der Waals surface area contributed by atoms with Crippen molar-refractivity contribution in [1.82, 2.24) is 4.90 Å². The predicted octanol–water partition coefficient (Wildman–Crippen LogP) is 2.45. The van der Waals surface area contributed by atoms with Crippen LogP contribution in [-0.4, -0.2) is 46.1 Å². The van der Waals surface area contributed by atoms with Gasteiger partial charge in [-0.05, 0) is 25.3 Å². The molecule has 1 saturated heterocycles. The molecule has 5 heteroatoms. The number of thioether (sulfide) groups is 1. The highest BCUT2D eigenvalue weighted by Gasteiger charge is 2.31. The number of nitrogens with zero attached hydrogens (tertiary/aromatic N) is 1. The second-order valence-electron chi connectivity index (χ2n) is 5.27. The molecule has 1 amide bonds. The van der Waals surface area contributed by atoms with Gasteiger partial charge in [0.2, 0.25) is 0 Å². The fourth-order valence-corrected chi connectivity index (χ4v) is 4.05. The van der Waals surface area contributed by atoms with Gasteiger partial charge in [-0.15, -0.1) is 11.3 Å². The van der Waals surface area contributed by atoms with Gasteiger partial charge in [0.25, 0.3) is 5.91 Å². The Bertz CT molecular complexity index is 540. The lowest BCUT2D eigenvalue weighted by molar-refractivity contribution is 0.0752. The molecule has 1 aliphatic rings. The van der Waals surface area contributed by atoms with Crippen molar-refractivity contribution >= 4 is 29.0 Å². The number of thiophene rings is 1. The summed E-state index contributed by atoms with van der Waals surface area (Å²) < 4.78 is 0.119. The Morgan fingerprint density at radius 3 is 3.05 bits per heavy atom. The van der Waals surface area contributed by atoms with E-state index in [0.29, 0.717) is 6.42 Å². The molecule has 3 nitrogen and oxygen atoms in total. The van der Waals surface area contributed by atoms with E-state index < -0.39 is 0 Å². The van der Waals surface area contributed by atoms with Crippen LogP contribution in [0.5, 0.6) is 0 Å². The zero-order valence-electron chi connectivity index (χ0n) is 11.8. The number of aliphatic hydroxyl groups excluding tert-OH is 1. The van der Waals surface area contributed by atoms with Gasteiger partial charge < -0.3 is 10.0 Å². The fourth-order valence-electron chi connectivity index (χ4n) is 2.12. The monoisotopic (exact) mass is 309 g/mol. The number of hydrogen-bond acceptors (Lipinski definition) is 4. The van der Waals surface area contributed by atoms with Crippen LogP contribution in [-0.2, 0) is 0 Å². The minimum Gasteiger partial charge on any atom is -0.395 e. The van der Waals surface area contributed by atoms with Crippen LogP contribution >= 0.6 is 23.1 Å². The summed E-state index contributed by atoms with van der Waals surface area (Å²) in [4.78, 5) is 15.3. The lowest BCUT2D eigenvalue weighted by Gasteiger charge is -2.37. The van der Waals surface area contributed by atoms with Crippen molar-refractivity contribution in [3.05, 3.63) is 21.9 Å². The third kappa shape index (κ3) is 3.78. The summed E-state index contributed by atoms with van der Waals surface area (Å²) in [6, 6.07) is 1.88. The molecule has 2 heterocycles. The molecule has 20 heavy (non-hydrogen) atoms. The molecule has 0 unspecified atom stereocenters. The number of rotatable bonds is 2. The van der Waals surface area contributed by atoms with Gasteiger partial charge in [-0.1, -0.05) is 11.8 Å². The number of carbonyl (C=O) groups excluding carboxylic acids is 1. The lowest BCUT2D eigenvalue weighted by atomic mass is 10.1. The molecule has 1 aliphatic heterocycles. The topological polar surface area (TPSA) is 40.5 Å². The van der Waals surface area contributed by atoms with E-state index in [1.807, 2.05) is 28.1 Å². The van der Waals surface area contributed by atoms with E-state index >= 15 is 0 Å². The first-order valence-corrected chi connectivity index (χ1v) is 8.50. The molecule has 1 fully saturated rings. The molecule has 0 atom stereocenters. The minimum absolute atomic E-state index is 0.0535. The maximum atomic E-state index is 12.6. The summed E-state index contributed by atoms with van der Waals surface area (Å²) >= 11 is 3.36. The first kappa shape index (κ1) is 15.4. The molecule has 0 aromatic carbocycles. The third-order valence-electron chi connectivity index (χ3n) is 3.03. The molecular weight excluding hydrogens is 290 g/mol. The summed E-state index contributed by atoms with van der Waals surface area (Å²) in [6.45, 7) is 5.98. The Morgan fingerprint density at radius 2 is 2.35 bits per heavy atom. The zero-order valence-corrected chi connectivity index (χ0v) is 13.4. The molecule has 1 aromatic rings. The average molecular weight is 309 g/mol. The van der Waals surface area contributed by atoms with Crippen LogP contribution < -0.4 is 0 Å². The molecule has 1 aromatic heterocycles. The van der Waals surface area contributed by atoms with E-state index in [4.69, 9.17) is 5.11 Å². The summed E-state index contributed by atoms with van der Waals surface area (Å²) in [6.07, 6.45) is 0.441. The van der Waals surface area contributed by atoms with E-state index in [-0.39, 0.29) is 17.3 Å². The van der Waals surface area contributed by atoms with E-state index in [9.17, 15) is 4.79 Å². The van der Waals surface area contributed by atoms with Crippen LogP contribution in [0.25, 0.3) is 0 Å². The van der Waals surface area contributed by atoms with Crippen molar-refractivity contribution in [3.8, 4) is 11.8 Å². The summed E-state index contributed by atoms with van der Waals surface area (Å²) in [5, 5.41) is 10.7. The lowest BCUT2D eigenvalue weighted by Crippen LogP contribution is -2.46. The van der Waals surface area contributed by atoms with Crippen LogP contribution in [0, 0.1) is 11.8 Å². The first-order valence-electron chi connectivity index (χ1n) is 6.64. The largest absolute Gasteiger partial charge is 0.395 e. The van der Waals surface area contributed by atoms with Gasteiger partial charge in [-0.25, -0.2) is 0 Å². The normalized spacial score (nSPS) is 17.4. The van der Waals surface area contributed by atoms with Crippen LogP contribution in [0.15, 0.2) is 11.4 Å². The van der Waals surface area contributed by atoms with Crippen molar-refractivity contribution in [2.75, 3.05) is 25.4 Å². The van der Waals surface area contributed by atoms with Crippen molar-refractivity contribution in [2.45, 2.75) is 25.0 Å². The van der Waals surface area contributed by atoms with E-state index in [1.54, 1.807) is 0 Å². The molecule has 2 rings (SSSR count). The quantitative estimate of drug-likeness (QED) is 0.853. The van der Waals surface area contributed by atoms with E-state index in [2.05, 4.69) is 25.7 Å². The van der Waals surface area contributed by atoms with Crippen molar-refractivity contribution in [3.63, 3.8) is 0 Å². The number of aliphatic hydroxyl groups is 1. The molecule has 0 saturated carbocycles. The van der Waals surface area contributed by atoms with Crippen molar-refractivity contribution in [2.24, 2.45) is 0 Å². The molecule has 0 aliphatic carbocycles. The van der Waals surface area contributed by atoms with Gasteiger partial charge >= 0.3 is 0 Å². The molecule has 108 valence electrons. The maximum Gasteiger partial charge on any atom is 0.265 e. The summed E-state index contributed by atoms with van der Waals surface area (Å²) in [5.41, 5.74) is 0.782. The van der Waals surface area contributed by atoms with Crippen molar-refractivity contribution in [1.29, 1.82) is 0 Å². The smallest absolute Gasteiger partial charge is 0.265 e. The van der Waals surface area contributed by atoms with Crippen LogP contribution in [0.3, 0.4) is 0 Å². The number of amides is 1. The van der Waals surface area contributed by atoms with Crippen LogP contribution in [0.4, 0.5) is 0 Å². The molecule has 0 bridgehead atoms. The average Bonchev–Trinajstić information content (AvgIpc) is 2.85. The Balaban J connectivity index is 2.14. The second kappa shape index (κ2) is 6.66. The highest BCUT2D eigenvalue weighted by Crippen LogP contribution is 2.31. The summed E-state index contributed by atoms with van der Waals surface area (Å²) in [5.74, 6) is 6.93. The molecule has 0 spiro atoms. The van der Waals surface area contributed by atoms with E-state index in [0.717, 1.165) is 29.3 Å². The molecular formula is C15H19NO2S2. The van der Waals surface area contributed by atoms with Gasteiger partial charge in [0.1, 0.15) is 4.88 Å². The Hall–Kier alpha value is -0.960. The molecule has 1 N–H and O–H groups in total. The third-order valence-corrected chi connectivity index (χ3v) is 5.23. The Kier molecular flexibility index (Phi) is 5.14. The van der Waals surface area contributed by atoms with Gasteiger partial charge in [0, 0.05) is 35.6 Å². The van der Waals surface area contributed by atoms with Gasteiger partial charge in [-0.3, -0.25) is 4.79 Å². The standard InChI is InChI=1S/C15H19NO2S2/c1-15(2)11-16(7-10-20-15)14(18)13-12(6-9-19-13)5-3-4-8-17/h6,9,17H,4,7-8,10-11H2,1-2H3. The summed E-state index contributed by atoms with van der Waals surface area (Å²) in [7, 11) is 0. The van der Waals surface area contributed by atoms with Crippen molar-refractivity contribution < 1.29 is 9.90 Å². The second-order valence-corrected chi connectivity index (χ2v) is 7.99. The first-order chi connectivity index (χ1) is 9.53. The van der Waals surface area contributed by atoms with Gasteiger partial charge in [0.05, 0.1) is 6.61 Å². The number of hydrogen-bond donors (Lipinski definition) is 1. The predicted molar refractivity (Wildman–Crippen MR) is 85.3 cm³/mol. The van der Waals surface area contributed by atoms with Crippen LogP contribution in [0.1, 0.15) is 35.5 Å². The van der Waals surface area contributed by atoms with Gasteiger partial charge in [-0.2, -0.15) is 11.8 Å². The Labute approximate surface area is 128 Å².